The molecular weight excluding hydrogens is 292 g/mol. The molecule has 6 nitrogen and oxygen atoms in total. The van der Waals surface area contributed by atoms with E-state index < -0.39 is 4.92 Å². The van der Waals surface area contributed by atoms with Crippen molar-refractivity contribution in [2.24, 2.45) is 0 Å². The van der Waals surface area contributed by atoms with Gasteiger partial charge in [-0.3, -0.25) is 10.1 Å². The van der Waals surface area contributed by atoms with Crippen molar-refractivity contribution in [3.05, 3.63) is 51.1 Å². The molecule has 21 heavy (non-hydrogen) atoms. The molecule has 7 heteroatoms. The third-order valence-corrected chi connectivity index (χ3v) is 3.50. The summed E-state index contributed by atoms with van der Waals surface area (Å²) in [6, 6.07) is 3.06. The molecule has 1 aromatic carbocycles. The maximum absolute atomic E-state index is 10.8. The quantitative estimate of drug-likeness (QED) is 0.651. The zero-order valence-corrected chi connectivity index (χ0v) is 12.7. The molecular formula is C14H17ClN4O2. The molecule has 112 valence electrons. The minimum absolute atomic E-state index is 0.0767. The average molecular weight is 309 g/mol. The number of nitro groups is 1. The standard InChI is InChI=1S/C14H17ClN4O2/c1-3-5-18-6-4-16-14(18)9-17-12-8-11(15)13(19(20)21)7-10(12)2/h4,6-8,17H,3,5,9H2,1-2H3. The molecule has 0 aliphatic carbocycles. The van der Waals surface area contributed by atoms with Crippen molar-refractivity contribution in [3.8, 4) is 0 Å². The van der Waals surface area contributed by atoms with E-state index in [1.54, 1.807) is 12.3 Å². The fraction of sp³-hybridized carbons (Fsp3) is 0.357. The minimum atomic E-state index is -0.479. The summed E-state index contributed by atoms with van der Waals surface area (Å²) in [6.45, 7) is 5.38. The molecule has 0 bridgehead atoms. The van der Waals surface area contributed by atoms with Crippen LogP contribution in [0.15, 0.2) is 24.5 Å². The van der Waals surface area contributed by atoms with E-state index in [9.17, 15) is 10.1 Å². The smallest absolute Gasteiger partial charge is 0.288 e. The zero-order chi connectivity index (χ0) is 15.4. The summed E-state index contributed by atoms with van der Waals surface area (Å²) in [7, 11) is 0. The Kier molecular flexibility index (Phi) is 4.80. The molecule has 0 aliphatic heterocycles. The summed E-state index contributed by atoms with van der Waals surface area (Å²) >= 11 is 5.94. The van der Waals surface area contributed by atoms with Gasteiger partial charge >= 0.3 is 0 Å². The number of aromatic nitrogens is 2. The van der Waals surface area contributed by atoms with Gasteiger partial charge in [-0.2, -0.15) is 0 Å². The van der Waals surface area contributed by atoms with E-state index in [-0.39, 0.29) is 10.7 Å². The Morgan fingerprint density at radius 1 is 1.48 bits per heavy atom. The number of anilines is 1. The van der Waals surface area contributed by atoms with Gasteiger partial charge in [0.15, 0.2) is 0 Å². The summed E-state index contributed by atoms with van der Waals surface area (Å²) in [4.78, 5) is 14.7. The molecule has 0 fully saturated rings. The van der Waals surface area contributed by atoms with Crippen LogP contribution in [0.5, 0.6) is 0 Å². The summed E-state index contributed by atoms with van der Waals surface area (Å²) in [5, 5.41) is 14.2. The van der Waals surface area contributed by atoms with Crippen molar-refractivity contribution >= 4 is 23.0 Å². The minimum Gasteiger partial charge on any atom is -0.378 e. The number of hydrogen-bond acceptors (Lipinski definition) is 4. The zero-order valence-electron chi connectivity index (χ0n) is 12.0. The Hall–Kier alpha value is -2.08. The van der Waals surface area contributed by atoms with Gasteiger partial charge in [0.25, 0.3) is 5.69 Å². The van der Waals surface area contributed by atoms with Crippen LogP contribution in [0.1, 0.15) is 24.7 Å². The summed E-state index contributed by atoms with van der Waals surface area (Å²) in [6.07, 6.45) is 4.74. The molecule has 0 spiro atoms. The molecule has 0 atom stereocenters. The lowest BCUT2D eigenvalue weighted by atomic mass is 10.2. The van der Waals surface area contributed by atoms with E-state index in [2.05, 4.69) is 21.8 Å². The highest BCUT2D eigenvalue weighted by atomic mass is 35.5. The van der Waals surface area contributed by atoms with Crippen molar-refractivity contribution in [2.45, 2.75) is 33.4 Å². The van der Waals surface area contributed by atoms with Gasteiger partial charge in [-0.1, -0.05) is 18.5 Å². The molecule has 0 saturated carbocycles. The van der Waals surface area contributed by atoms with E-state index in [1.165, 1.54) is 6.07 Å². The summed E-state index contributed by atoms with van der Waals surface area (Å²) in [5.41, 5.74) is 1.48. The average Bonchev–Trinajstić information content (AvgIpc) is 2.87. The molecule has 2 aromatic rings. The number of nitrogens with one attached hydrogen (secondary N) is 1. The van der Waals surface area contributed by atoms with E-state index >= 15 is 0 Å². The van der Waals surface area contributed by atoms with E-state index in [0.29, 0.717) is 6.54 Å². The van der Waals surface area contributed by atoms with Crippen molar-refractivity contribution in [3.63, 3.8) is 0 Å². The van der Waals surface area contributed by atoms with Gasteiger partial charge < -0.3 is 9.88 Å². The Morgan fingerprint density at radius 3 is 2.90 bits per heavy atom. The first-order chi connectivity index (χ1) is 10.0. The van der Waals surface area contributed by atoms with Crippen molar-refractivity contribution in [1.29, 1.82) is 0 Å². The summed E-state index contributed by atoms with van der Waals surface area (Å²) < 4.78 is 2.08. The molecule has 0 amide bonds. The Labute approximate surface area is 127 Å². The van der Waals surface area contributed by atoms with Crippen molar-refractivity contribution < 1.29 is 4.92 Å². The molecule has 1 aromatic heterocycles. The highest BCUT2D eigenvalue weighted by Crippen LogP contribution is 2.30. The highest BCUT2D eigenvalue weighted by Gasteiger charge is 2.15. The topological polar surface area (TPSA) is 73.0 Å². The maximum Gasteiger partial charge on any atom is 0.288 e. The van der Waals surface area contributed by atoms with Crippen LogP contribution in [0.25, 0.3) is 0 Å². The maximum atomic E-state index is 10.8. The van der Waals surface area contributed by atoms with Gasteiger partial charge in [0, 0.05) is 30.7 Å². The SMILES string of the molecule is CCCn1ccnc1CNc1cc(Cl)c([N+](=O)[O-])cc1C. The molecule has 1 N–H and O–H groups in total. The number of nitro benzene ring substituents is 1. The lowest BCUT2D eigenvalue weighted by Gasteiger charge is -2.11. The van der Waals surface area contributed by atoms with Gasteiger partial charge in [0.2, 0.25) is 0 Å². The van der Waals surface area contributed by atoms with Crippen LogP contribution in [-0.2, 0) is 13.1 Å². The number of nitrogens with zero attached hydrogens (tertiary/aromatic N) is 3. The second-order valence-corrected chi connectivity index (χ2v) is 5.17. The Bertz CT molecular complexity index is 654. The molecule has 1 heterocycles. The Morgan fingerprint density at radius 2 is 2.24 bits per heavy atom. The van der Waals surface area contributed by atoms with Crippen molar-refractivity contribution in [1.82, 2.24) is 9.55 Å². The first-order valence-corrected chi connectivity index (χ1v) is 7.09. The molecule has 0 aliphatic rings. The first-order valence-electron chi connectivity index (χ1n) is 6.71. The van der Waals surface area contributed by atoms with Gasteiger partial charge in [-0.05, 0) is 25.0 Å². The summed E-state index contributed by atoms with van der Waals surface area (Å²) in [5.74, 6) is 0.922. The number of hydrogen-bond donors (Lipinski definition) is 1. The van der Waals surface area contributed by atoms with Gasteiger partial charge in [-0.25, -0.2) is 4.98 Å². The lowest BCUT2D eigenvalue weighted by Crippen LogP contribution is -2.09. The third-order valence-electron chi connectivity index (χ3n) is 3.19. The molecule has 2 rings (SSSR count). The Balaban J connectivity index is 2.15. The molecule has 0 radical (unpaired) electrons. The number of rotatable bonds is 6. The van der Waals surface area contributed by atoms with E-state index in [0.717, 1.165) is 30.0 Å². The van der Waals surface area contributed by atoms with Crippen LogP contribution in [-0.4, -0.2) is 14.5 Å². The van der Waals surface area contributed by atoms with Gasteiger partial charge in [0.1, 0.15) is 10.8 Å². The van der Waals surface area contributed by atoms with Crippen LogP contribution >= 0.6 is 11.6 Å². The van der Waals surface area contributed by atoms with E-state index in [4.69, 9.17) is 11.6 Å². The van der Waals surface area contributed by atoms with Crippen LogP contribution < -0.4 is 5.32 Å². The van der Waals surface area contributed by atoms with Crippen LogP contribution in [0.3, 0.4) is 0 Å². The van der Waals surface area contributed by atoms with E-state index in [1.807, 2.05) is 13.1 Å². The number of benzene rings is 1. The fourth-order valence-corrected chi connectivity index (χ4v) is 2.36. The second-order valence-electron chi connectivity index (χ2n) is 4.77. The second kappa shape index (κ2) is 6.58. The van der Waals surface area contributed by atoms with Gasteiger partial charge in [-0.15, -0.1) is 0 Å². The monoisotopic (exact) mass is 308 g/mol. The predicted octanol–water partition coefficient (Wildman–Crippen LogP) is 3.78. The molecule has 0 saturated heterocycles. The third kappa shape index (κ3) is 3.52. The highest BCUT2D eigenvalue weighted by molar-refractivity contribution is 6.33. The van der Waals surface area contributed by atoms with Crippen LogP contribution in [0.4, 0.5) is 11.4 Å². The van der Waals surface area contributed by atoms with Crippen molar-refractivity contribution in [2.75, 3.05) is 5.32 Å². The van der Waals surface area contributed by atoms with Gasteiger partial charge in [0.05, 0.1) is 11.5 Å². The number of halogens is 1. The fourth-order valence-electron chi connectivity index (χ4n) is 2.12. The normalized spacial score (nSPS) is 10.6. The first kappa shape index (κ1) is 15.3. The number of imidazole rings is 1. The number of aryl methyl sites for hydroxylation is 2. The largest absolute Gasteiger partial charge is 0.378 e. The lowest BCUT2D eigenvalue weighted by molar-refractivity contribution is -0.384. The van der Waals surface area contributed by atoms with Crippen LogP contribution in [0.2, 0.25) is 5.02 Å². The molecule has 0 unspecified atom stereocenters. The van der Waals surface area contributed by atoms with Crippen LogP contribution in [0, 0.1) is 17.0 Å². The predicted molar refractivity (Wildman–Crippen MR) is 82.7 cm³/mol.